The van der Waals surface area contributed by atoms with Crippen LogP contribution < -0.4 is 5.32 Å². The SMILES string of the molecule is CNC1(CC(=O)Cc2c(Cl)cccc2Cl)CCCCC1. The molecule has 2 rings (SSSR count). The molecule has 0 bridgehead atoms. The van der Waals surface area contributed by atoms with E-state index in [4.69, 9.17) is 23.2 Å². The van der Waals surface area contributed by atoms with Gasteiger partial charge < -0.3 is 5.32 Å². The third kappa shape index (κ3) is 3.75. The number of Topliss-reactive ketones (excluding diaryl/α,β-unsaturated/α-hetero) is 1. The average molecular weight is 314 g/mol. The number of nitrogens with one attached hydrogen (secondary N) is 1. The van der Waals surface area contributed by atoms with Crippen molar-refractivity contribution in [2.45, 2.75) is 50.5 Å². The Labute approximate surface area is 130 Å². The van der Waals surface area contributed by atoms with Gasteiger partial charge in [0.2, 0.25) is 0 Å². The lowest BCUT2D eigenvalue weighted by Gasteiger charge is -2.36. The lowest BCUT2D eigenvalue weighted by atomic mass is 9.78. The van der Waals surface area contributed by atoms with E-state index in [-0.39, 0.29) is 11.3 Å². The van der Waals surface area contributed by atoms with E-state index in [2.05, 4.69) is 5.32 Å². The number of benzene rings is 1. The van der Waals surface area contributed by atoms with Gasteiger partial charge in [0.1, 0.15) is 5.78 Å². The van der Waals surface area contributed by atoms with Crippen LogP contribution in [0.25, 0.3) is 0 Å². The normalized spacial score (nSPS) is 17.9. The lowest BCUT2D eigenvalue weighted by molar-refractivity contribution is -0.120. The first-order valence-electron chi connectivity index (χ1n) is 7.20. The lowest BCUT2D eigenvalue weighted by Crippen LogP contribution is -2.46. The zero-order valence-electron chi connectivity index (χ0n) is 11.8. The minimum atomic E-state index is -0.0247. The van der Waals surface area contributed by atoms with Crippen LogP contribution in [-0.2, 0) is 11.2 Å². The van der Waals surface area contributed by atoms with Crippen LogP contribution in [0.4, 0.5) is 0 Å². The summed E-state index contributed by atoms with van der Waals surface area (Å²) < 4.78 is 0. The Morgan fingerprint density at radius 3 is 2.35 bits per heavy atom. The fourth-order valence-electron chi connectivity index (χ4n) is 3.08. The molecule has 1 aliphatic rings. The van der Waals surface area contributed by atoms with Gasteiger partial charge in [-0.15, -0.1) is 0 Å². The van der Waals surface area contributed by atoms with Crippen molar-refractivity contribution in [3.8, 4) is 0 Å². The highest BCUT2D eigenvalue weighted by molar-refractivity contribution is 6.36. The molecule has 0 amide bonds. The van der Waals surface area contributed by atoms with Crippen molar-refractivity contribution >= 4 is 29.0 Å². The van der Waals surface area contributed by atoms with Crippen molar-refractivity contribution in [2.24, 2.45) is 0 Å². The molecule has 1 saturated carbocycles. The van der Waals surface area contributed by atoms with Crippen LogP contribution in [-0.4, -0.2) is 18.4 Å². The summed E-state index contributed by atoms with van der Waals surface area (Å²) in [5.74, 6) is 0.205. The third-order valence-corrected chi connectivity index (χ3v) is 5.02. The summed E-state index contributed by atoms with van der Waals surface area (Å²) in [5.41, 5.74) is 0.728. The van der Waals surface area contributed by atoms with Crippen LogP contribution in [0.3, 0.4) is 0 Å². The minimum Gasteiger partial charge on any atom is -0.314 e. The zero-order chi connectivity index (χ0) is 14.6. The Morgan fingerprint density at radius 2 is 1.80 bits per heavy atom. The van der Waals surface area contributed by atoms with Gasteiger partial charge in [-0.2, -0.15) is 0 Å². The summed E-state index contributed by atoms with van der Waals surface area (Å²) in [6.45, 7) is 0. The highest BCUT2D eigenvalue weighted by atomic mass is 35.5. The first-order valence-corrected chi connectivity index (χ1v) is 7.95. The number of carbonyl (C=O) groups is 1. The van der Waals surface area contributed by atoms with E-state index in [1.807, 2.05) is 7.05 Å². The smallest absolute Gasteiger partial charge is 0.139 e. The quantitative estimate of drug-likeness (QED) is 0.872. The molecular weight excluding hydrogens is 293 g/mol. The molecule has 20 heavy (non-hydrogen) atoms. The van der Waals surface area contributed by atoms with Crippen molar-refractivity contribution in [2.75, 3.05) is 7.05 Å². The molecule has 1 aromatic rings. The molecule has 4 heteroatoms. The monoisotopic (exact) mass is 313 g/mol. The molecule has 0 saturated heterocycles. The van der Waals surface area contributed by atoms with Crippen molar-refractivity contribution in [1.29, 1.82) is 0 Å². The number of rotatable bonds is 5. The second kappa shape index (κ2) is 6.93. The van der Waals surface area contributed by atoms with Gasteiger partial charge in [0.05, 0.1) is 0 Å². The van der Waals surface area contributed by atoms with E-state index in [0.29, 0.717) is 22.9 Å². The van der Waals surface area contributed by atoms with Crippen LogP contribution in [0.1, 0.15) is 44.1 Å². The van der Waals surface area contributed by atoms with Gasteiger partial charge in [-0.05, 0) is 37.6 Å². The molecule has 2 nitrogen and oxygen atoms in total. The molecule has 0 unspecified atom stereocenters. The van der Waals surface area contributed by atoms with Gasteiger partial charge in [0, 0.05) is 28.4 Å². The Hall–Kier alpha value is -0.570. The van der Waals surface area contributed by atoms with Gasteiger partial charge >= 0.3 is 0 Å². The Morgan fingerprint density at radius 1 is 1.20 bits per heavy atom. The molecule has 0 spiro atoms. The summed E-state index contributed by atoms with van der Waals surface area (Å²) in [7, 11) is 1.96. The molecule has 0 radical (unpaired) electrons. The molecular formula is C16H21Cl2NO. The van der Waals surface area contributed by atoms with Gasteiger partial charge in [0.25, 0.3) is 0 Å². The van der Waals surface area contributed by atoms with Gasteiger partial charge in [0.15, 0.2) is 0 Å². The van der Waals surface area contributed by atoms with Crippen LogP contribution >= 0.6 is 23.2 Å². The second-order valence-corrected chi connectivity index (χ2v) is 6.50. The summed E-state index contributed by atoms with van der Waals surface area (Å²) in [5, 5.41) is 4.53. The zero-order valence-corrected chi connectivity index (χ0v) is 13.4. The summed E-state index contributed by atoms with van der Waals surface area (Å²) in [4.78, 5) is 12.4. The van der Waals surface area contributed by atoms with Crippen LogP contribution in [0, 0.1) is 0 Å². The van der Waals surface area contributed by atoms with Crippen LogP contribution in [0.15, 0.2) is 18.2 Å². The van der Waals surface area contributed by atoms with E-state index in [9.17, 15) is 4.79 Å². The predicted octanol–water partition coefficient (Wildman–Crippen LogP) is 4.42. The van der Waals surface area contributed by atoms with Gasteiger partial charge in [-0.1, -0.05) is 48.5 Å². The Kier molecular flexibility index (Phi) is 5.48. The van der Waals surface area contributed by atoms with E-state index < -0.39 is 0 Å². The van der Waals surface area contributed by atoms with Crippen LogP contribution in [0.5, 0.6) is 0 Å². The molecule has 0 aromatic heterocycles. The average Bonchev–Trinajstić information content (AvgIpc) is 2.44. The number of hydrogen-bond acceptors (Lipinski definition) is 2. The standard InChI is InChI=1S/C16H21Cl2NO/c1-19-16(8-3-2-4-9-16)11-12(20)10-13-14(17)6-5-7-15(13)18/h5-7,19H,2-4,8-11H2,1H3. The fourth-order valence-corrected chi connectivity index (χ4v) is 3.61. The Bertz CT molecular complexity index is 461. The molecule has 1 N–H and O–H groups in total. The molecule has 0 aliphatic heterocycles. The number of ketones is 1. The van der Waals surface area contributed by atoms with Crippen molar-refractivity contribution in [1.82, 2.24) is 5.32 Å². The maximum Gasteiger partial charge on any atom is 0.139 e. The second-order valence-electron chi connectivity index (χ2n) is 5.68. The predicted molar refractivity (Wildman–Crippen MR) is 84.7 cm³/mol. The van der Waals surface area contributed by atoms with Crippen molar-refractivity contribution < 1.29 is 4.79 Å². The molecule has 1 aliphatic carbocycles. The molecule has 0 heterocycles. The summed E-state index contributed by atoms with van der Waals surface area (Å²) >= 11 is 12.3. The number of halogens is 2. The summed E-state index contributed by atoms with van der Waals surface area (Å²) in [6, 6.07) is 5.36. The number of carbonyl (C=O) groups excluding carboxylic acids is 1. The number of hydrogen-bond donors (Lipinski definition) is 1. The van der Waals surface area contributed by atoms with E-state index >= 15 is 0 Å². The molecule has 1 aromatic carbocycles. The molecule has 1 fully saturated rings. The van der Waals surface area contributed by atoms with Gasteiger partial charge in [-0.25, -0.2) is 0 Å². The maximum absolute atomic E-state index is 12.4. The van der Waals surface area contributed by atoms with Crippen LogP contribution in [0.2, 0.25) is 10.0 Å². The highest BCUT2D eigenvalue weighted by Gasteiger charge is 2.32. The third-order valence-electron chi connectivity index (χ3n) is 4.31. The Balaban J connectivity index is 2.05. The maximum atomic E-state index is 12.4. The topological polar surface area (TPSA) is 29.1 Å². The van der Waals surface area contributed by atoms with Crippen molar-refractivity contribution in [3.05, 3.63) is 33.8 Å². The first-order chi connectivity index (χ1) is 9.56. The van der Waals surface area contributed by atoms with E-state index in [1.165, 1.54) is 19.3 Å². The highest BCUT2D eigenvalue weighted by Crippen LogP contribution is 2.32. The fraction of sp³-hybridized carbons (Fsp3) is 0.562. The van der Waals surface area contributed by atoms with E-state index in [0.717, 1.165) is 18.4 Å². The van der Waals surface area contributed by atoms with E-state index in [1.54, 1.807) is 18.2 Å². The largest absolute Gasteiger partial charge is 0.314 e. The molecule has 0 atom stereocenters. The van der Waals surface area contributed by atoms with Gasteiger partial charge in [-0.3, -0.25) is 4.79 Å². The minimum absolute atomic E-state index is 0.0247. The first kappa shape index (κ1) is 15.8. The van der Waals surface area contributed by atoms with Crippen molar-refractivity contribution in [3.63, 3.8) is 0 Å². The summed E-state index contributed by atoms with van der Waals surface area (Å²) in [6.07, 6.45) is 6.69. The molecule has 110 valence electrons.